The number of halogens is 1. The standard InChI is InChI=1S/C15H18FN3O3/c1-20-12-4-3-9(5-13(12)21-2)6-14-18-15(22-19-14)11-7-10(16)8-17-11/h3-5,10-11,17H,6-8H2,1-2H3/t10-,11+/m0/s1. The van der Waals surface area contributed by atoms with Gasteiger partial charge in [-0.1, -0.05) is 11.2 Å². The van der Waals surface area contributed by atoms with Gasteiger partial charge in [0.25, 0.3) is 0 Å². The third-order valence-corrected chi connectivity index (χ3v) is 3.67. The lowest BCUT2D eigenvalue weighted by atomic mass is 10.1. The maximum Gasteiger partial charge on any atom is 0.243 e. The highest BCUT2D eigenvalue weighted by molar-refractivity contribution is 5.43. The van der Waals surface area contributed by atoms with E-state index in [-0.39, 0.29) is 6.04 Å². The minimum absolute atomic E-state index is 0.193. The van der Waals surface area contributed by atoms with Gasteiger partial charge in [-0.05, 0) is 17.7 Å². The van der Waals surface area contributed by atoms with E-state index < -0.39 is 6.17 Å². The molecule has 2 atom stereocenters. The van der Waals surface area contributed by atoms with Crippen molar-refractivity contribution in [3.8, 4) is 11.5 Å². The molecule has 0 aliphatic carbocycles. The molecule has 1 aliphatic heterocycles. The summed E-state index contributed by atoms with van der Waals surface area (Å²) < 4.78 is 28.9. The number of hydrogen-bond acceptors (Lipinski definition) is 6. The van der Waals surface area contributed by atoms with E-state index in [0.717, 1.165) is 5.56 Å². The number of nitrogens with zero attached hydrogens (tertiary/aromatic N) is 2. The predicted octanol–water partition coefficient (Wildman–Crippen LogP) is 2.05. The van der Waals surface area contributed by atoms with Crippen molar-refractivity contribution in [1.82, 2.24) is 15.5 Å². The third kappa shape index (κ3) is 3.04. The second-order valence-electron chi connectivity index (χ2n) is 5.21. The van der Waals surface area contributed by atoms with Crippen molar-refractivity contribution >= 4 is 0 Å². The Hall–Kier alpha value is -2.15. The summed E-state index contributed by atoms with van der Waals surface area (Å²) in [5.74, 6) is 2.33. The highest BCUT2D eigenvalue weighted by Gasteiger charge is 2.29. The van der Waals surface area contributed by atoms with Gasteiger partial charge in [0.1, 0.15) is 6.17 Å². The number of rotatable bonds is 5. The van der Waals surface area contributed by atoms with Crippen molar-refractivity contribution < 1.29 is 18.4 Å². The van der Waals surface area contributed by atoms with Gasteiger partial charge in [-0.25, -0.2) is 4.39 Å². The average Bonchev–Trinajstić information content (AvgIpc) is 3.16. The summed E-state index contributed by atoms with van der Waals surface area (Å²) in [6.45, 7) is 0.331. The summed E-state index contributed by atoms with van der Waals surface area (Å²) in [7, 11) is 3.18. The molecule has 1 aromatic carbocycles. The van der Waals surface area contributed by atoms with Crippen LogP contribution in [-0.4, -0.2) is 37.1 Å². The lowest BCUT2D eigenvalue weighted by Crippen LogP contribution is -2.14. The number of alkyl halides is 1. The molecule has 0 saturated carbocycles. The minimum Gasteiger partial charge on any atom is -0.493 e. The van der Waals surface area contributed by atoms with Crippen LogP contribution in [0.25, 0.3) is 0 Å². The van der Waals surface area contributed by atoms with E-state index in [2.05, 4.69) is 15.5 Å². The fourth-order valence-electron chi connectivity index (χ4n) is 2.53. The lowest BCUT2D eigenvalue weighted by Gasteiger charge is -2.08. The molecule has 7 heteroatoms. The Labute approximate surface area is 127 Å². The molecule has 118 valence electrons. The normalized spacial score (nSPS) is 21.0. The van der Waals surface area contributed by atoms with Gasteiger partial charge in [0.05, 0.1) is 20.3 Å². The summed E-state index contributed by atoms with van der Waals surface area (Å²) in [5.41, 5.74) is 0.979. The molecule has 6 nitrogen and oxygen atoms in total. The fraction of sp³-hybridized carbons (Fsp3) is 0.467. The average molecular weight is 307 g/mol. The number of methoxy groups -OCH3 is 2. The molecule has 0 radical (unpaired) electrons. The molecule has 3 rings (SSSR count). The van der Waals surface area contributed by atoms with Gasteiger partial charge < -0.3 is 19.3 Å². The Morgan fingerprint density at radius 1 is 1.32 bits per heavy atom. The van der Waals surface area contributed by atoms with E-state index in [4.69, 9.17) is 14.0 Å². The molecule has 0 unspecified atom stereocenters. The zero-order valence-electron chi connectivity index (χ0n) is 12.5. The van der Waals surface area contributed by atoms with Crippen molar-refractivity contribution in [2.24, 2.45) is 0 Å². The van der Waals surface area contributed by atoms with Crippen molar-refractivity contribution in [1.29, 1.82) is 0 Å². The second kappa shape index (κ2) is 6.31. The number of benzene rings is 1. The molecule has 1 saturated heterocycles. The van der Waals surface area contributed by atoms with E-state index in [1.807, 2.05) is 18.2 Å². The fourth-order valence-corrected chi connectivity index (χ4v) is 2.53. The lowest BCUT2D eigenvalue weighted by molar-refractivity contribution is 0.322. The summed E-state index contributed by atoms with van der Waals surface area (Å²) in [5, 5.41) is 6.98. The molecule has 2 heterocycles. The first-order chi connectivity index (χ1) is 10.7. The van der Waals surface area contributed by atoms with E-state index in [1.54, 1.807) is 14.2 Å². The van der Waals surface area contributed by atoms with Crippen LogP contribution in [0.4, 0.5) is 4.39 Å². The van der Waals surface area contributed by atoms with Gasteiger partial charge in [0.2, 0.25) is 5.89 Å². The molecule has 1 fully saturated rings. The first kappa shape index (κ1) is 14.8. The Kier molecular flexibility index (Phi) is 4.24. The van der Waals surface area contributed by atoms with Gasteiger partial charge in [0.15, 0.2) is 17.3 Å². The van der Waals surface area contributed by atoms with Crippen molar-refractivity contribution in [2.75, 3.05) is 20.8 Å². The number of aromatic nitrogens is 2. The molecule has 1 aliphatic rings. The molecular formula is C15H18FN3O3. The summed E-state index contributed by atoms with van der Waals surface area (Å²) in [6.07, 6.45) is 0.0272. The summed E-state index contributed by atoms with van der Waals surface area (Å²) in [6, 6.07) is 5.44. The van der Waals surface area contributed by atoms with E-state index in [0.29, 0.717) is 42.6 Å². The maximum atomic E-state index is 13.2. The van der Waals surface area contributed by atoms with Crippen LogP contribution in [0.1, 0.15) is 29.7 Å². The van der Waals surface area contributed by atoms with Crippen LogP contribution in [0.2, 0.25) is 0 Å². The highest BCUT2D eigenvalue weighted by atomic mass is 19.1. The van der Waals surface area contributed by atoms with E-state index in [9.17, 15) is 4.39 Å². The van der Waals surface area contributed by atoms with Crippen molar-refractivity contribution in [3.05, 3.63) is 35.5 Å². The van der Waals surface area contributed by atoms with Crippen molar-refractivity contribution in [3.63, 3.8) is 0 Å². The predicted molar refractivity (Wildman–Crippen MR) is 76.9 cm³/mol. The zero-order chi connectivity index (χ0) is 15.5. The van der Waals surface area contributed by atoms with Crippen LogP contribution in [0, 0.1) is 0 Å². The molecule has 22 heavy (non-hydrogen) atoms. The largest absolute Gasteiger partial charge is 0.493 e. The molecule has 1 aromatic heterocycles. The first-order valence-corrected chi connectivity index (χ1v) is 7.10. The SMILES string of the molecule is COc1ccc(Cc2noc([C@H]3C[C@H](F)CN3)n2)cc1OC. The smallest absolute Gasteiger partial charge is 0.243 e. The number of hydrogen-bond donors (Lipinski definition) is 1. The first-order valence-electron chi connectivity index (χ1n) is 7.10. The van der Waals surface area contributed by atoms with Gasteiger partial charge in [0, 0.05) is 19.4 Å². The zero-order valence-corrected chi connectivity index (χ0v) is 12.5. The topological polar surface area (TPSA) is 69.4 Å². The second-order valence-corrected chi connectivity index (χ2v) is 5.21. The Balaban J connectivity index is 1.72. The summed E-state index contributed by atoms with van der Waals surface area (Å²) in [4.78, 5) is 4.34. The minimum atomic E-state index is -0.855. The molecule has 1 N–H and O–H groups in total. The van der Waals surface area contributed by atoms with Crippen molar-refractivity contribution in [2.45, 2.75) is 25.1 Å². The molecular weight excluding hydrogens is 289 g/mol. The van der Waals surface area contributed by atoms with Crippen LogP contribution in [0.3, 0.4) is 0 Å². The third-order valence-electron chi connectivity index (χ3n) is 3.67. The Bertz CT molecular complexity index is 647. The Morgan fingerprint density at radius 3 is 2.82 bits per heavy atom. The number of nitrogens with one attached hydrogen (secondary N) is 1. The van der Waals surface area contributed by atoms with Gasteiger partial charge in [-0.15, -0.1) is 0 Å². The van der Waals surface area contributed by atoms with Crippen LogP contribution < -0.4 is 14.8 Å². The summed E-state index contributed by atoms with van der Waals surface area (Å²) >= 11 is 0. The van der Waals surface area contributed by atoms with E-state index >= 15 is 0 Å². The molecule has 0 bridgehead atoms. The highest BCUT2D eigenvalue weighted by Crippen LogP contribution is 2.28. The van der Waals surface area contributed by atoms with Gasteiger partial charge in [-0.2, -0.15) is 4.98 Å². The van der Waals surface area contributed by atoms with Gasteiger partial charge in [-0.3, -0.25) is 0 Å². The molecule has 2 aromatic rings. The van der Waals surface area contributed by atoms with E-state index in [1.165, 1.54) is 0 Å². The molecule has 0 spiro atoms. The van der Waals surface area contributed by atoms with Crippen LogP contribution >= 0.6 is 0 Å². The molecule has 0 amide bonds. The quantitative estimate of drug-likeness (QED) is 0.912. The van der Waals surface area contributed by atoms with Crippen LogP contribution in [-0.2, 0) is 6.42 Å². The maximum absolute atomic E-state index is 13.2. The number of ether oxygens (including phenoxy) is 2. The monoisotopic (exact) mass is 307 g/mol. The van der Waals surface area contributed by atoms with Gasteiger partial charge >= 0.3 is 0 Å². The van der Waals surface area contributed by atoms with Crippen LogP contribution in [0.5, 0.6) is 11.5 Å². The van der Waals surface area contributed by atoms with Crippen LogP contribution in [0.15, 0.2) is 22.7 Å². The Morgan fingerprint density at radius 2 is 2.14 bits per heavy atom.